The minimum atomic E-state index is -0.263. The molecule has 25 heavy (non-hydrogen) atoms. The van der Waals surface area contributed by atoms with Gasteiger partial charge in [0.1, 0.15) is 24.2 Å². The Balaban J connectivity index is 1.60. The van der Waals surface area contributed by atoms with Crippen molar-refractivity contribution in [3.63, 3.8) is 0 Å². The van der Waals surface area contributed by atoms with Crippen LogP contribution in [-0.4, -0.2) is 33.9 Å². The van der Waals surface area contributed by atoms with Crippen molar-refractivity contribution in [1.82, 2.24) is 14.8 Å². The highest BCUT2D eigenvalue weighted by atomic mass is 16.5. The standard InChI is InChI=1S/C18H18N4O3/c1-2-24-14-7-9-15(10-8-14)25-11-18(23)21-16-5-3-4-6-17(16)22-13-19-12-20-22/h3-10,12-13H,2,11H2,1H3,(H,21,23). The molecule has 0 fully saturated rings. The third-order valence-electron chi connectivity index (χ3n) is 3.35. The normalized spacial score (nSPS) is 10.3. The number of nitrogens with one attached hydrogen (secondary N) is 1. The Morgan fingerprint density at radius 3 is 2.48 bits per heavy atom. The maximum Gasteiger partial charge on any atom is 0.262 e. The highest BCUT2D eigenvalue weighted by Crippen LogP contribution is 2.19. The molecule has 1 N–H and O–H groups in total. The quantitative estimate of drug-likeness (QED) is 0.716. The van der Waals surface area contributed by atoms with E-state index in [9.17, 15) is 4.79 Å². The van der Waals surface area contributed by atoms with Crippen molar-refractivity contribution >= 4 is 11.6 Å². The third-order valence-corrected chi connectivity index (χ3v) is 3.35. The molecule has 1 heterocycles. The van der Waals surface area contributed by atoms with Gasteiger partial charge in [0.2, 0.25) is 0 Å². The van der Waals surface area contributed by atoms with Crippen molar-refractivity contribution in [3.8, 4) is 17.2 Å². The maximum atomic E-state index is 12.2. The summed E-state index contributed by atoms with van der Waals surface area (Å²) in [5, 5.41) is 6.91. The predicted molar refractivity (Wildman–Crippen MR) is 93.1 cm³/mol. The molecule has 0 aliphatic carbocycles. The maximum absolute atomic E-state index is 12.2. The van der Waals surface area contributed by atoms with Crippen LogP contribution in [0.5, 0.6) is 11.5 Å². The second-order valence-electron chi connectivity index (χ2n) is 5.10. The van der Waals surface area contributed by atoms with Crippen LogP contribution in [0.15, 0.2) is 61.2 Å². The van der Waals surface area contributed by atoms with E-state index in [1.807, 2.05) is 25.1 Å². The largest absolute Gasteiger partial charge is 0.494 e. The number of anilines is 1. The zero-order valence-corrected chi connectivity index (χ0v) is 13.8. The third kappa shape index (κ3) is 4.35. The summed E-state index contributed by atoms with van der Waals surface area (Å²) >= 11 is 0. The van der Waals surface area contributed by atoms with Gasteiger partial charge in [0, 0.05) is 0 Å². The molecule has 1 amide bonds. The molecule has 0 saturated carbocycles. The van der Waals surface area contributed by atoms with E-state index in [2.05, 4.69) is 15.4 Å². The molecule has 0 spiro atoms. The van der Waals surface area contributed by atoms with Crippen LogP contribution in [0.25, 0.3) is 5.69 Å². The molecule has 0 saturated heterocycles. The Hall–Kier alpha value is -3.35. The van der Waals surface area contributed by atoms with E-state index >= 15 is 0 Å². The van der Waals surface area contributed by atoms with E-state index in [-0.39, 0.29) is 12.5 Å². The van der Waals surface area contributed by atoms with Crippen LogP contribution in [0, 0.1) is 0 Å². The molecule has 128 valence electrons. The van der Waals surface area contributed by atoms with Gasteiger partial charge in [-0.3, -0.25) is 4.79 Å². The fourth-order valence-electron chi connectivity index (χ4n) is 2.25. The molecule has 0 aliphatic heterocycles. The number of hydrogen-bond donors (Lipinski definition) is 1. The van der Waals surface area contributed by atoms with Gasteiger partial charge in [-0.1, -0.05) is 12.1 Å². The Labute approximate surface area is 145 Å². The first kappa shape index (κ1) is 16.5. The Bertz CT molecular complexity index is 817. The van der Waals surface area contributed by atoms with E-state index in [1.165, 1.54) is 6.33 Å². The topological polar surface area (TPSA) is 78.3 Å². The second kappa shape index (κ2) is 7.96. The van der Waals surface area contributed by atoms with Gasteiger partial charge in [-0.25, -0.2) is 9.67 Å². The number of amides is 1. The summed E-state index contributed by atoms with van der Waals surface area (Å²) in [5.41, 5.74) is 1.36. The molecule has 0 aliphatic rings. The van der Waals surface area contributed by atoms with E-state index in [0.29, 0.717) is 18.0 Å². The van der Waals surface area contributed by atoms with E-state index in [4.69, 9.17) is 9.47 Å². The van der Waals surface area contributed by atoms with Gasteiger partial charge < -0.3 is 14.8 Å². The van der Waals surface area contributed by atoms with Gasteiger partial charge in [0.05, 0.1) is 18.0 Å². The number of benzene rings is 2. The number of hydrogen-bond acceptors (Lipinski definition) is 5. The average Bonchev–Trinajstić information content (AvgIpc) is 3.16. The van der Waals surface area contributed by atoms with Gasteiger partial charge >= 0.3 is 0 Å². The van der Waals surface area contributed by atoms with E-state index in [0.717, 1.165) is 11.4 Å². The molecule has 0 radical (unpaired) electrons. The highest BCUT2D eigenvalue weighted by Gasteiger charge is 2.09. The Morgan fingerprint density at radius 2 is 1.80 bits per heavy atom. The van der Waals surface area contributed by atoms with Gasteiger partial charge in [0.15, 0.2) is 6.61 Å². The van der Waals surface area contributed by atoms with Crippen LogP contribution in [0.4, 0.5) is 5.69 Å². The van der Waals surface area contributed by atoms with Crippen molar-refractivity contribution in [1.29, 1.82) is 0 Å². The van der Waals surface area contributed by atoms with Crippen molar-refractivity contribution in [2.75, 3.05) is 18.5 Å². The first-order valence-corrected chi connectivity index (χ1v) is 7.86. The number of carbonyl (C=O) groups excluding carboxylic acids is 1. The number of ether oxygens (including phenoxy) is 2. The van der Waals surface area contributed by atoms with Crippen LogP contribution in [0.1, 0.15) is 6.92 Å². The summed E-state index contributed by atoms with van der Waals surface area (Å²) in [6, 6.07) is 14.5. The lowest BCUT2D eigenvalue weighted by Gasteiger charge is -2.11. The summed E-state index contributed by atoms with van der Waals surface area (Å²) in [5.74, 6) is 1.10. The van der Waals surface area contributed by atoms with Gasteiger partial charge in [-0.2, -0.15) is 5.10 Å². The fraction of sp³-hybridized carbons (Fsp3) is 0.167. The Kier molecular flexibility index (Phi) is 5.26. The van der Waals surface area contributed by atoms with Crippen LogP contribution in [0.2, 0.25) is 0 Å². The summed E-state index contributed by atoms with van der Waals surface area (Å²) < 4.78 is 12.5. The minimum Gasteiger partial charge on any atom is -0.494 e. The lowest BCUT2D eigenvalue weighted by molar-refractivity contribution is -0.118. The first-order chi connectivity index (χ1) is 12.3. The highest BCUT2D eigenvalue weighted by molar-refractivity contribution is 5.93. The van der Waals surface area contributed by atoms with Crippen molar-refractivity contribution in [2.45, 2.75) is 6.92 Å². The molecule has 1 aromatic heterocycles. The minimum absolute atomic E-state index is 0.0975. The van der Waals surface area contributed by atoms with Gasteiger partial charge in [0.25, 0.3) is 5.91 Å². The Morgan fingerprint density at radius 1 is 1.08 bits per heavy atom. The molecule has 7 heteroatoms. The molecular formula is C18H18N4O3. The van der Waals surface area contributed by atoms with Gasteiger partial charge in [-0.05, 0) is 43.3 Å². The molecule has 2 aromatic carbocycles. The van der Waals surface area contributed by atoms with Crippen LogP contribution in [0.3, 0.4) is 0 Å². The molecule has 0 unspecified atom stereocenters. The lowest BCUT2D eigenvalue weighted by atomic mass is 10.2. The summed E-state index contributed by atoms with van der Waals surface area (Å²) in [7, 11) is 0. The fourth-order valence-corrected chi connectivity index (χ4v) is 2.25. The van der Waals surface area contributed by atoms with Crippen LogP contribution in [-0.2, 0) is 4.79 Å². The summed E-state index contributed by atoms with van der Waals surface area (Å²) in [6.07, 6.45) is 3.01. The number of aromatic nitrogens is 3. The number of carbonyl (C=O) groups is 1. The summed E-state index contributed by atoms with van der Waals surface area (Å²) in [6.45, 7) is 2.43. The van der Waals surface area contributed by atoms with E-state index < -0.39 is 0 Å². The smallest absolute Gasteiger partial charge is 0.262 e. The molecule has 3 aromatic rings. The van der Waals surface area contributed by atoms with E-state index in [1.54, 1.807) is 41.3 Å². The zero-order chi connectivity index (χ0) is 17.5. The SMILES string of the molecule is CCOc1ccc(OCC(=O)Nc2ccccc2-n2cncn2)cc1. The molecule has 7 nitrogen and oxygen atoms in total. The average molecular weight is 338 g/mol. The van der Waals surface area contributed by atoms with Crippen LogP contribution < -0.4 is 14.8 Å². The van der Waals surface area contributed by atoms with Crippen LogP contribution >= 0.6 is 0 Å². The number of nitrogens with zero attached hydrogens (tertiary/aromatic N) is 3. The lowest BCUT2D eigenvalue weighted by Crippen LogP contribution is -2.21. The zero-order valence-electron chi connectivity index (χ0n) is 13.8. The predicted octanol–water partition coefficient (Wildman–Crippen LogP) is 2.68. The van der Waals surface area contributed by atoms with Crippen molar-refractivity contribution in [3.05, 3.63) is 61.2 Å². The second-order valence-corrected chi connectivity index (χ2v) is 5.10. The van der Waals surface area contributed by atoms with Gasteiger partial charge in [-0.15, -0.1) is 0 Å². The summed E-state index contributed by atoms with van der Waals surface area (Å²) in [4.78, 5) is 16.1. The molecule has 0 bridgehead atoms. The number of para-hydroxylation sites is 2. The van der Waals surface area contributed by atoms with Crippen molar-refractivity contribution in [2.24, 2.45) is 0 Å². The molecule has 3 rings (SSSR count). The first-order valence-electron chi connectivity index (χ1n) is 7.86. The molecule has 0 atom stereocenters. The number of rotatable bonds is 7. The van der Waals surface area contributed by atoms with Crippen molar-refractivity contribution < 1.29 is 14.3 Å². The monoisotopic (exact) mass is 338 g/mol. The molecular weight excluding hydrogens is 320 g/mol.